The van der Waals surface area contributed by atoms with E-state index in [1.54, 1.807) is 4.90 Å². The third kappa shape index (κ3) is 4.70. The molecule has 0 radical (unpaired) electrons. The molecular formula is C14H25ClN4O4S. The van der Waals surface area contributed by atoms with Crippen molar-refractivity contribution in [3.8, 4) is 0 Å². The molecule has 2 rings (SSSR count). The molecule has 1 saturated heterocycles. The second kappa shape index (κ2) is 8.82. The summed E-state index contributed by atoms with van der Waals surface area (Å²) in [5.41, 5.74) is 5.94. The van der Waals surface area contributed by atoms with E-state index in [9.17, 15) is 13.2 Å². The number of likely N-dealkylation sites (tertiary alicyclic amines) is 1. The van der Waals surface area contributed by atoms with Crippen molar-refractivity contribution in [1.29, 1.82) is 0 Å². The highest BCUT2D eigenvalue weighted by molar-refractivity contribution is 7.89. The molecule has 0 bridgehead atoms. The van der Waals surface area contributed by atoms with Crippen LogP contribution in [0.15, 0.2) is 17.2 Å². The highest BCUT2D eigenvalue weighted by Crippen LogP contribution is 2.24. The fourth-order valence-electron chi connectivity index (χ4n) is 2.77. The van der Waals surface area contributed by atoms with Crippen LogP contribution in [0.25, 0.3) is 0 Å². The van der Waals surface area contributed by atoms with Gasteiger partial charge >= 0.3 is 0 Å². The molecule has 24 heavy (non-hydrogen) atoms. The minimum Gasteiger partial charge on any atom is -0.383 e. The van der Waals surface area contributed by atoms with Crippen LogP contribution < -0.4 is 10.5 Å². The largest absolute Gasteiger partial charge is 0.383 e. The number of nitrogens with one attached hydrogen (secondary N) is 2. The van der Waals surface area contributed by atoms with Gasteiger partial charge in [0.05, 0.1) is 6.61 Å². The predicted octanol–water partition coefficient (Wildman–Crippen LogP) is 0.171. The molecule has 1 aromatic heterocycles. The van der Waals surface area contributed by atoms with Crippen molar-refractivity contribution in [2.75, 3.05) is 33.4 Å². The maximum absolute atomic E-state index is 12.5. The van der Waals surface area contributed by atoms with Crippen LogP contribution in [-0.4, -0.2) is 63.6 Å². The first-order chi connectivity index (χ1) is 10.9. The number of nitrogens with zero attached hydrogens (tertiary/aromatic N) is 1. The zero-order chi connectivity index (χ0) is 17.0. The summed E-state index contributed by atoms with van der Waals surface area (Å²) in [6.45, 7) is 3.57. The number of hydrogen-bond donors (Lipinski definition) is 3. The summed E-state index contributed by atoms with van der Waals surface area (Å²) in [6.07, 6.45) is 2.19. The van der Waals surface area contributed by atoms with E-state index in [1.165, 1.54) is 19.4 Å². The Morgan fingerprint density at radius 2 is 2.25 bits per heavy atom. The summed E-state index contributed by atoms with van der Waals surface area (Å²) in [4.78, 5) is 17.1. The fraction of sp³-hybridized carbons (Fsp3) is 0.643. The first-order valence-electron chi connectivity index (χ1n) is 7.57. The van der Waals surface area contributed by atoms with Crippen molar-refractivity contribution in [3.63, 3.8) is 0 Å². The Balaban J connectivity index is 0.00000288. The molecule has 8 nitrogen and oxygen atoms in total. The molecular weight excluding hydrogens is 356 g/mol. The molecule has 4 N–H and O–H groups in total. The summed E-state index contributed by atoms with van der Waals surface area (Å²) in [7, 11) is -2.16. The molecule has 10 heteroatoms. The smallest absolute Gasteiger partial charge is 0.270 e. The molecule has 138 valence electrons. The summed E-state index contributed by atoms with van der Waals surface area (Å²) in [5, 5.41) is 0. The van der Waals surface area contributed by atoms with E-state index in [1.807, 2.05) is 6.92 Å². The molecule has 0 spiro atoms. The predicted molar refractivity (Wildman–Crippen MR) is 92.8 cm³/mol. The lowest BCUT2D eigenvalue weighted by Crippen LogP contribution is -2.34. The number of halogens is 1. The monoisotopic (exact) mass is 380 g/mol. The van der Waals surface area contributed by atoms with Crippen LogP contribution >= 0.6 is 12.4 Å². The molecule has 2 atom stereocenters. The number of H-pyrrole nitrogens is 1. The molecule has 1 aliphatic rings. The van der Waals surface area contributed by atoms with Gasteiger partial charge in [0.25, 0.3) is 5.91 Å². The lowest BCUT2D eigenvalue weighted by molar-refractivity contribution is 0.0738. The topological polar surface area (TPSA) is 118 Å². The van der Waals surface area contributed by atoms with E-state index >= 15 is 0 Å². The zero-order valence-electron chi connectivity index (χ0n) is 13.8. The van der Waals surface area contributed by atoms with E-state index < -0.39 is 10.0 Å². The van der Waals surface area contributed by atoms with Crippen molar-refractivity contribution in [1.82, 2.24) is 14.6 Å². The van der Waals surface area contributed by atoms with Gasteiger partial charge in [-0.2, -0.15) is 0 Å². The number of carbonyl (C=O) groups is 1. The molecule has 2 unspecified atom stereocenters. The number of rotatable bonds is 7. The van der Waals surface area contributed by atoms with Crippen LogP contribution in [0.2, 0.25) is 0 Å². The van der Waals surface area contributed by atoms with Gasteiger partial charge in [-0.15, -0.1) is 12.4 Å². The number of aromatic nitrogens is 1. The van der Waals surface area contributed by atoms with Crippen LogP contribution in [0.3, 0.4) is 0 Å². The van der Waals surface area contributed by atoms with Crippen LogP contribution in [0, 0.1) is 5.92 Å². The number of ether oxygens (including phenoxy) is 1. The van der Waals surface area contributed by atoms with Gasteiger partial charge in [0.15, 0.2) is 0 Å². The van der Waals surface area contributed by atoms with Gasteiger partial charge in [-0.1, -0.05) is 0 Å². The highest BCUT2D eigenvalue weighted by atomic mass is 35.5. The summed E-state index contributed by atoms with van der Waals surface area (Å²) in [6, 6.07) is 1.46. The number of amides is 1. The maximum atomic E-state index is 12.5. The van der Waals surface area contributed by atoms with Gasteiger partial charge in [-0.05, 0) is 31.9 Å². The third-order valence-electron chi connectivity index (χ3n) is 4.05. The molecule has 1 aliphatic heterocycles. The number of carbonyl (C=O) groups excluding carboxylic acids is 1. The highest BCUT2D eigenvalue weighted by Gasteiger charge is 2.33. The van der Waals surface area contributed by atoms with Crippen molar-refractivity contribution in [2.24, 2.45) is 11.7 Å². The number of hydrogen-bond acceptors (Lipinski definition) is 5. The van der Waals surface area contributed by atoms with E-state index in [2.05, 4.69) is 9.71 Å². The molecule has 1 fully saturated rings. The fourth-order valence-corrected chi connectivity index (χ4v) is 3.77. The van der Waals surface area contributed by atoms with Crippen molar-refractivity contribution in [2.45, 2.75) is 24.3 Å². The molecule has 0 aliphatic carbocycles. The molecule has 2 heterocycles. The zero-order valence-corrected chi connectivity index (χ0v) is 15.5. The summed E-state index contributed by atoms with van der Waals surface area (Å²) >= 11 is 0. The van der Waals surface area contributed by atoms with Crippen LogP contribution in [-0.2, 0) is 14.8 Å². The lowest BCUT2D eigenvalue weighted by atomic mass is 10.1. The van der Waals surface area contributed by atoms with Crippen LogP contribution in [0.4, 0.5) is 0 Å². The average molecular weight is 381 g/mol. The third-order valence-corrected chi connectivity index (χ3v) is 5.49. The van der Waals surface area contributed by atoms with E-state index in [4.69, 9.17) is 10.5 Å². The van der Waals surface area contributed by atoms with Crippen molar-refractivity contribution >= 4 is 28.3 Å². The van der Waals surface area contributed by atoms with Gasteiger partial charge in [0.2, 0.25) is 10.0 Å². The SMILES string of the molecule is COCCNS(=O)(=O)c1c[nH]c(C(=O)N2CC(CN)CC2C)c1.Cl. The standard InChI is InChI=1S/C14H24N4O4S.ClH/c1-10-5-11(7-15)9-18(10)14(19)13-6-12(8-16-13)23(20,21)17-3-4-22-2;/h6,8,10-11,16-17H,3-5,7,9,15H2,1-2H3;1H. The van der Waals surface area contributed by atoms with Crippen molar-refractivity contribution < 1.29 is 17.9 Å². The second-order valence-electron chi connectivity index (χ2n) is 5.78. The van der Waals surface area contributed by atoms with Crippen LogP contribution in [0.5, 0.6) is 0 Å². The molecule has 0 aromatic carbocycles. The first-order valence-corrected chi connectivity index (χ1v) is 9.05. The number of sulfonamides is 1. The van der Waals surface area contributed by atoms with Gasteiger partial charge < -0.3 is 20.4 Å². The van der Waals surface area contributed by atoms with Crippen molar-refractivity contribution in [3.05, 3.63) is 18.0 Å². The lowest BCUT2D eigenvalue weighted by Gasteiger charge is -2.20. The minimum atomic E-state index is -3.65. The Bertz CT molecular complexity index is 649. The Morgan fingerprint density at radius 1 is 1.54 bits per heavy atom. The maximum Gasteiger partial charge on any atom is 0.270 e. The van der Waals surface area contributed by atoms with E-state index in [0.29, 0.717) is 19.0 Å². The van der Waals surface area contributed by atoms with Gasteiger partial charge in [0, 0.05) is 32.4 Å². The number of aromatic amines is 1. The second-order valence-corrected chi connectivity index (χ2v) is 7.55. The first kappa shape index (κ1) is 20.9. The quantitative estimate of drug-likeness (QED) is 0.583. The van der Waals surface area contributed by atoms with Crippen LogP contribution in [0.1, 0.15) is 23.8 Å². The average Bonchev–Trinajstić information content (AvgIpc) is 3.13. The Hall–Kier alpha value is -1.13. The van der Waals surface area contributed by atoms with E-state index in [0.717, 1.165) is 6.42 Å². The van der Waals surface area contributed by atoms with Gasteiger partial charge in [-0.25, -0.2) is 13.1 Å². The molecule has 1 aromatic rings. The number of methoxy groups -OCH3 is 1. The summed E-state index contributed by atoms with van der Waals surface area (Å²) < 4.78 is 31.4. The van der Waals surface area contributed by atoms with Gasteiger partial charge in [-0.3, -0.25) is 4.79 Å². The molecule has 0 saturated carbocycles. The normalized spacial score (nSPS) is 20.9. The Labute approximate surface area is 148 Å². The van der Waals surface area contributed by atoms with E-state index in [-0.39, 0.29) is 48.1 Å². The molecule has 1 amide bonds. The minimum absolute atomic E-state index is 0. The van der Waals surface area contributed by atoms with Gasteiger partial charge in [0.1, 0.15) is 10.6 Å². The summed E-state index contributed by atoms with van der Waals surface area (Å²) in [5.74, 6) is 0.0922. The Kier molecular flexibility index (Phi) is 7.68. The number of nitrogens with two attached hydrogens (primary N) is 1. The Morgan fingerprint density at radius 3 is 2.83 bits per heavy atom.